The summed E-state index contributed by atoms with van der Waals surface area (Å²) in [5.74, 6) is 0.133. The zero-order valence-corrected chi connectivity index (χ0v) is 10.8. The Labute approximate surface area is 94.0 Å². The molecule has 0 heterocycles. The molecule has 1 aromatic rings. The van der Waals surface area contributed by atoms with Gasteiger partial charge in [0.05, 0.1) is 0 Å². The molecule has 0 aliphatic heterocycles. The lowest BCUT2D eigenvalue weighted by molar-refractivity contribution is 1.32. The first-order valence-electron chi connectivity index (χ1n) is 5.53. The smallest absolute Gasteiger partial charge is 0.122 e. The van der Waals surface area contributed by atoms with Gasteiger partial charge in [0.25, 0.3) is 0 Å². The number of nitrogens with one attached hydrogen (secondary N) is 1. The van der Waals surface area contributed by atoms with E-state index in [1.807, 2.05) is 59.7 Å². The summed E-state index contributed by atoms with van der Waals surface area (Å²) in [6.07, 6.45) is 0. The van der Waals surface area contributed by atoms with Crippen LogP contribution in [0.2, 0.25) is 0 Å². The molecule has 0 spiro atoms. The van der Waals surface area contributed by atoms with E-state index in [4.69, 9.17) is 11.1 Å². The Morgan fingerprint density at radius 2 is 1.47 bits per heavy atom. The average molecular weight is 208 g/mol. The van der Waals surface area contributed by atoms with Crippen molar-refractivity contribution in [2.75, 3.05) is 0 Å². The molecule has 0 unspecified atom stereocenters. The van der Waals surface area contributed by atoms with Crippen LogP contribution in [0.3, 0.4) is 0 Å². The molecule has 2 heteroatoms. The van der Waals surface area contributed by atoms with Crippen LogP contribution in [-0.4, -0.2) is 5.84 Å². The van der Waals surface area contributed by atoms with E-state index in [9.17, 15) is 0 Å². The van der Waals surface area contributed by atoms with Gasteiger partial charge in [0.1, 0.15) is 5.84 Å². The average Bonchev–Trinajstić information content (AvgIpc) is 2.27. The highest BCUT2D eigenvalue weighted by Gasteiger charge is 1.97. The van der Waals surface area contributed by atoms with E-state index in [1.54, 1.807) is 0 Å². The molecule has 2 nitrogen and oxygen atoms in total. The molecule has 15 heavy (non-hydrogen) atoms. The van der Waals surface area contributed by atoms with Crippen LogP contribution < -0.4 is 5.73 Å². The summed E-state index contributed by atoms with van der Waals surface area (Å²) in [4.78, 5) is 0. The van der Waals surface area contributed by atoms with Crippen molar-refractivity contribution in [1.29, 1.82) is 5.41 Å². The standard InChI is InChI=1S/C9H12N2.2C2H6/c1-6-3-4-8(9(10)11)5-7(6)2;2*1-2/h3-5H,1-2H3,(H3,10,11);2*1-2H3. The molecular formula is C13H24N2. The highest BCUT2D eigenvalue weighted by molar-refractivity contribution is 5.95. The van der Waals surface area contributed by atoms with E-state index in [0.717, 1.165) is 5.56 Å². The molecule has 0 atom stereocenters. The van der Waals surface area contributed by atoms with Crippen LogP contribution in [-0.2, 0) is 0 Å². The van der Waals surface area contributed by atoms with Crippen LogP contribution in [0.1, 0.15) is 44.4 Å². The molecule has 0 radical (unpaired) electrons. The maximum absolute atomic E-state index is 7.18. The predicted octanol–water partition coefficient (Wildman–Crippen LogP) is 3.64. The second-order valence-corrected chi connectivity index (χ2v) is 2.71. The first-order chi connectivity index (χ1) is 7.11. The van der Waals surface area contributed by atoms with Gasteiger partial charge in [-0.15, -0.1) is 0 Å². The lowest BCUT2D eigenvalue weighted by Gasteiger charge is -2.02. The van der Waals surface area contributed by atoms with Crippen molar-refractivity contribution in [2.24, 2.45) is 5.73 Å². The Hall–Kier alpha value is -1.31. The van der Waals surface area contributed by atoms with Crippen molar-refractivity contribution in [3.05, 3.63) is 34.9 Å². The van der Waals surface area contributed by atoms with Gasteiger partial charge < -0.3 is 5.73 Å². The van der Waals surface area contributed by atoms with Crippen molar-refractivity contribution < 1.29 is 0 Å². The van der Waals surface area contributed by atoms with Gasteiger partial charge in [-0.3, -0.25) is 5.41 Å². The molecule has 0 aliphatic rings. The third kappa shape index (κ3) is 5.89. The monoisotopic (exact) mass is 208 g/mol. The van der Waals surface area contributed by atoms with Gasteiger partial charge in [0.15, 0.2) is 0 Å². The molecular weight excluding hydrogens is 184 g/mol. The van der Waals surface area contributed by atoms with Crippen molar-refractivity contribution in [3.8, 4) is 0 Å². The zero-order valence-electron chi connectivity index (χ0n) is 10.8. The number of benzene rings is 1. The predicted molar refractivity (Wildman–Crippen MR) is 69.6 cm³/mol. The quantitative estimate of drug-likeness (QED) is 0.537. The van der Waals surface area contributed by atoms with Crippen LogP contribution >= 0.6 is 0 Å². The van der Waals surface area contributed by atoms with Crippen LogP contribution in [0.5, 0.6) is 0 Å². The van der Waals surface area contributed by atoms with E-state index in [0.29, 0.717) is 0 Å². The van der Waals surface area contributed by atoms with E-state index in [1.165, 1.54) is 11.1 Å². The Kier molecular flexibility index (Phi) is 9.95. The fourth-order valence-corrected chi connectivity index (χ4v) is 0.909. The highest BCUT2D eigenvalue weighted by Crippen LogP contribution is 2.08. The number of nitrogen functional groups attached to an aromatic ring is 1. The minimum atomic E-state index is 0.133. The number of nitrogens with two attached hydrogens (primary N) is 1. The van der Waals surface area contributed by atoms with Crippen molar-refractivity contribution in [1.82, 2.24) is 0 Å². The molecule has 0 aromatic heterocycles. The van der Waals surface area contributed by atoms with Gasteiger partial charge in [-0.2, -0.15) is 0 Å². The van der Waals surface area contributed by atoms with Gasteiger partial charge in [-0.25, -0.2) is 0 Å². The summed E-state index contributed by atoms with van der Waals surface area (Å²) in [7, 11) is 0. The number of hydrogen-bond donors (Lipinski definition) is 2. The second-order valence-electron chi connectivity index (χ2n) is 2.71. The van der Waals surface area contributed by atoms with Gasteiger partial charge >= 0.3 is 0 Å². The van der Waals surface area contributed by atoms with Crippen LogP contribution in [0.25, 0.3) is 0 Å². The van der Waals surface area contributed by atoms with E-state index < -0.39 is 0 Å². The summed E-state index contributed by atoms with van der Waals surface area (Å²) in [5.41, 5.74) is 8.53. The minimum absolute atomic E-state index is 0.133. The summed E-state index contributed by atoms with van der Waals surface area (Å²) in [5, 5.41) is 7.18. The third-order valence-corrected chi connectivity index (χ3v) is 1.82. The van der Waals surface area contributed by atoms with Crippen LogP contribution in [0, 0.1) is 19.3 Å². The number of amidine groups is 1. The lowest BCUT2D eigenvalue weighted by atomic mass is 10.1. The summed E-state index contributed by atoms with van der Waals surface area (Å²) in [6.45, 7) is 12.1. The lowest BCUT2D eigenvalue weighted by Crippen LogP contribution is -2.11. The number of aryl methyl sites for hydroxylation is 2. The maximum atomic E-state index is 7.18. The molecule has 86 valence electrons. The second kappa shape index (κ2) is 9.25. The molecule has 0 amide bonds. The SMILES string of the molecule is CC.CC.Cc1ccc(C(=N)N)cc1C. The Balaban J connectivity index is 0. The molecule has 0 bridgehead atoms. The first kappa shape index (κ1) is 16.1. The molecule has 0 saturated heterocycles. The normalized spacial score (nSPS) is 7.87. The Morgan fingerprint density at radius 1 is 1.00 bits per heavy atom. The number of hydrogen-bond acceptors (Lipinski definition) is 1. The summed E-state index contributed by atoms with van der Waals surface area (Å²) >= 11 is 0. The van der Waals surface area contributed by atoms with E-state index in [-0.39, 0.29) is 5.84 Å². The highest BCUT2D eigenvalue weighted by atomic mass is 14.7. The molecule has 1 aromatic carbocycles. The largest absolute Gasteiger partial charge is 0.384 e. The molecule has 0 fully saturated rings. The van der Waals surface area contributed by atoms with Crippen molar-refractivity contribution in [3.63, 3.8) is 0 Å². The third-order valence-electron chi connectivity index (χ3n) is 1.82. The topological polar surface area (TPSA) is 49.9 Å². The summed E-state index contributed by atoms with van der Waals surface area (Å²) < 4.78 is 0. The van der Waals surface area contributed by atoms with Crippen molar-refractivity contribution >= 4 is 5.84 Å². The van der Waals surface area contributed by atoms with Crippen LogP contribution in [0.15, 0.2) is 18.2 Å². The van der Waals surface area contributed by atoms with Gasteiger partial charge in [0, 0.05) is 5.56 Å². The van der Waals surface area contributed by atoms with E-state index >= 15 is 0 Å². The number of rotatable bonds is 1. The fourth-order valence-electron chi connectivity index (χ4n) is 0.909. The van der Waals surface area contributed by atoms with Gasteiger partial charge in [0.2, 0.25) is 0 Å². The van der Waals surface area contributed by atoms with Gasteiger partial charge in [-0.1, -0.05) is 39.8 Å². The van der Waals surface area contributed by atoms with Gasteiger partial charge in [-0.05, 0) is 31.0 Å². The summed E-state index contributed by atoms with van der Waals surface area (Å²) in [6, 6.07) is 5.77. The van der Waals surface area contributed by atoms with E-state index in [2.05, 4.69) is 0 Å². The molecule has 0 saturated carbocycles. The zero-order chi connectivity index (χ0) is 12.4. The minimum Gasteiger partial charge on any atom is -0.384 e. The molecule has 1 rings (SSSR count). The molecule has 3 N–H and O–H groups in total. The van der Waals surface area contributed by atoms with Crippen LogP contribution in [0.4, 0.5) is 0 Å². The Morgan fingerprint density at radius 3 is 1.80 bits per heavy atom. The molecule has 0 aliphatic carbocycles. The Bertz CT molecular complexity index is 291. The van der Waals surface area contributed by atoms with Crippen molar-refractivity contribution in [2.45, 2.75) is 41.5 Å². The fraction of sp³-hybridized carbons (Fsp3) is 0.462. The first-order valence-corrected chi connectivity index (χ1v) is 5.53. The maximum Gasteiger partial charge on any atom is 0.122 e.